The molecule has 0 unspecified atom stereocenters. The molecule has 19 heavy (non-hydrogen) atoms. The van der Waals surface area contributed by atoms with Gasteiger partial charge in [-0.1, -0.05) is 27.5 Å². The maximum absolute atomic E-state index is 6.07. The Morgan fingerprint density at radius 1 is 1.37 bits per heavy atom. The van der Waals surface area contributed by atoms with Crippen molar-refractivity contribution in [1.29, 1.82) is 0 Å². The first-order chi connectivity index (χ1) is 8.99. The number of aryl methyl sites for hydroxylation is 1. The van der Waals surface area contributed by atoms with Gasteiger partial charge in [-0.25, -0.2) is 0 Å². The molecule has 2 N–H and O–H groups in total. The molecule has 0 aliphatic rings. The Bertz CT molecular complexity index is 617. The number of nitrogens with two attached hydrogens (primary N) is 1. The van der Waals surface area contributed by atoms with Crippen molar-refractivity contribution in [3.8, 4) is 5.75 Å². The lowest BCUT2D eigenvalue weighted by Gasteiger charge is -2.12. The lowest BCUT2D eigenvalue weighted by Crippen LogP contribution is -2.05. The maximum Gasteiger partial charge on any atom is 0.139 e. The average molecular weight is 342 g/mol. The number of rotatable bonds is 3. The first-order valence-corrected chi connectivity index (χ1v) is 6.94. The number of nitrogens with zero attached hydrogens (tertiary/aromatic N) is 1. The van der Waals surface area contributed by atoms with Crippen LogP contribution >= 0.6 is 27.5 Å². The summed E-state index contributed by atoms with van der Waals surface area (Å²) in [6, 6.07) is 5.47. The van der Waals surface area contributed by atoms with Gasteiger partial charge in [0.2, 0.25) is 0 Å². The maximum atomic E-state index is 6.07. The predicted molar refractivity (Wildman–Crippen MR) is 81.6 cm³/mol. The average Bonchev–Trinajstić information content (AvgIpc) is 2.39. The topological polar surface area (TPSA) is 48.1 Å². The summed E-state index contributed by atoms with van der Waals surface area (Å²) >= 11 is 9.45. The van der Waals surface area contributed by atoms with Crippen LogP contribution < -0.4 is 10.5 Å². The van der Waals surface area contributed by atoms with Crippen molar-refractivity contribution in [1.82, 2.24) is 4.98 Å². The van der Waals surface area contributed by atoms with Crippen molar-refractivity contribution in [2.75, 3.05) is 5.73 Å². The molecule has 100 valence electrons. The van der Waals surface area contributed by atoms with Gasteiger partial charge in [0.1, 0.15) is 12.4 Å². The largest absolute Gasteiger partial charge is 0.486 e. The van der Waals surface area contributed by atoms with Gasteiger partial charge < -0.3 is 10.5 Å². The number of nitrogen functional groups attached to an aromatic ring is 1. The van der Waals surface area contributed by atoms with Crippen LogP contribution in [0.5, 0.6) is 5.75 Å². The normalized spacial score (nSPS) is 10.5. The minimum absolute atomic E-state index is 0.340. The van der Waals surface area contributed by atoms with Gasteiger partial charge in [0.05, 0.1) is 10.7 Å². The van der Waals surface area contributed by atoms with Gasteiger partial charge in [-0.05, 0) is 43.2 Å². The van der Waals surface area contributed by atoms with Crippen LogP contribution in [0.1, 0.15) is 16.8 Å². The van der Waals surface area contributed by atoms with Gasteiger partial charge >= 0.3 is 0 Å². The third-order valence-electron chi connectivity index (χ3n) is 2.93. The quantitative estimate of drug-likeness (QED) is 0.906. The molecule has 1 aromatic heterocycles. The van der Waals surface area contributed by atoms with Crippen LogP contribution in [0.3, 0.4) is 0 Å². The zero-order valence-electron chi connectivity index (χ0n) is 10.7. The molecule has 0 radical (unpaired) electrons. The predicted octanol–water partition coefficient (Wildman–Crippen LogP) is 4.28. The summed E-state index contributed by atoms with van der Waals surface area (Å²) in [5, 5.41) is 0.570. The summed E-state index contributed by atoms with van der Waals surface area (Å²) in [5.74, 6) is 0.622. The molecule has 0 saturated carbocycles. The first-order valence-electron chi connectivity index (χ1n) is 5.77. The number of aromatic nitrogens is 1. The smallest absolute Gasteiger partial charge is 0.139 e. The van der Waals surface area contributed by atoms with E-state index in [1.807, 2.05) is 26.0 Å². The highest BCUT2D eigenvalue weighted by molar-refractivity contribution is 9.10. The molecule has 0 aliphatic carbocycles. The van der Waals surface area contributed by atoms with Crippen LogP contribution in [-0.2, 0) is 6.61 Å². The molecule has 0 atom stereocenters. The second-order valence-electron chi connectivity index (χ2n) is 4.29. The second kappa shape index (κ2) is 5.80. The number of hydrogen-bond acceptors (Lipinski definition) is 3. The molecule has 2 aromatic rings. The third kappa shape index (κ3) is 3.19. The van der Waals surface area contributed by atoms with E-state index in [2.05, 4.69) is 20.9 Å². The zero-order valence-corrected chi connectivity index (χ0v) is 13.0. The molecule has 1 heterocycles. The summed E-state index contributed by atoms with van der Waals surface area (Å²) in [5.41, 5.74) is 9.48. The van der Waals surface area contributed by atoms with Crippen molar-refractivity contribution < 1.29 is 4.74 Å². The number of ether oxygens (including phenoxy) is 1. The van der Waals surface area contributed by atoms with Gasteiger partial charge in [0.15, 0.2) is 0 Å². The van der Waals surface area contributed by atoms with Crippen molar-refractivity contribution >= 4 is 33.2 Å². The van der Waals surface area contributed by atoms with E-state index in [1.165, 1.54) is 0 Å². The van der Waals surface area contributed by atoms with E-state index in [0.29, 0.717) is 17.4 Å². The van der Waals surface area contributed by atoms with Crippen molar-refractivity contribution in [3.05, 3.63) is 50.7 Å². The summed E-state index contributed by atoms with van der Waals surface area (Å²) in [4.78, 5) is 4.35. The lowest BCUT2D eigenvalue weighted by molar-refractivity contribution is 0.300. The molecular formula is C14H14BrClN2O. The van der Waals surface area contributed by atoms with E-state index in [4.69, 9.17) is 22.1 Å². The zero-order chi connectivity index (χ0) is 14.0. The molecule has 0 fully saturated rings. The fourth-order valence-corrected chi connectivity index (χ4v) is 2.18. The SMILES string of the molecule is Cc1cnc(COc2cc(Br)ccc2Cl)c(C)c1N. The molecule has 0 aliphatic heterocycles. The Hall–Kier alpha value is -1.26. The van der Waals surface area contributed by atoms with E-state index in [1.54, 1.807) is 12.3 Å². The molecule has 3 nitrogen and oxygen atoms in total. The van der Waals surface area contributed by atoms with E-state index in [9.17, 15) is 0 Å². The lowest BCUT2D eigenvalue weighted by atomic mass is 10.1. The van der Waals surface area contributed by atoms with Gasteiger partial charge in [-0.3, -0.25) is 4.98 Å². The highest BCUT2D eigenvalue weighted by atomic mass is 79.9. The van der Waals surface area contributed by atoms with Gasteiger partial charge in [0.25, 0.3) is 0 Å². The molecule has 0 amide bonds. The summed E-state index contributed by atoms with van der Waals surface area (Å²) < 4.78 is 6.62. The highest BCUT2D eigenvalue weighted by Gasteiger charge is 2.08. The second-order valence-corrected chi connectivity index (χ2v) is 5.61. The first kappa shape index (κ1) is 14.2. The molecule has 0 bridgehead atoms. The standard InChI is InChI=1S/C14H14BrClN2O/c1-8-6-18-12(9(2)14(8)17)7-19-13-5-10(15)3-4-11(13)16/h3-6H,7H2,1-2H3,(H2,17,18). The van der Waals surface area contributed by atoms with Crippen LogP contribution in [0.4, 0.5) is 5.69 Å². The summed E-state index contributed by atoms with van der Waals surface area (Å²) in [6.07, 6.45) is 1.75. The third-order valence-corrected chi connectivity index (χ3v) is 3.74. The van der Waals surface area contributed by atoms with E-state index >= 15 is 0 Å². The van der Waals surface area contributed by atoms with E-state index in [-0.39, 0.29) is 0 Å². The molecule has 0 saturated heterocycles. The van der Waals surface area contributed by atoms with Gasteiger partial charge in [-0.2, -0.15) is 0 Å². The Balaban J connectivity index is 2.19. The van der Waals surface area contributed by atoms with Gasteiger partial charge in [0, 0.05) is 16.4 Å². The molecule has 2 rings (SSSR count). The molecule has 1 aromatic carbocycles. The van der Waals surface area contributed by atoms with Crippen LogP contribution in [-0.4, -0.2) is 4.98 Å². The number of benzene rings is 1. The van der Waals surface area contributed by atoms with Crippen molar-refractivity contribution in [2.24, 2.45) is 0 Å². The summed E-state index contributed by atoms with van der Waals surface area (Å²) in [6.45, 7) is 4.22. The molecular weight excluding hydrogens is 328 g/mol. The van der Waals surface area contributed by atoms with Crippen LogP contribution in [0.25, 0.3) is 0 Å². The monoisotopic (exact) mass is 340 g/mol. The van der Waals surface area contributed by atoms with Crippen LogP contribution in [0, 0.1) is 13.8 Å². The molecule has 5 heteroatoms. The van der Waals surface area contributed by atoms with Crippen LogP contribution in [0.2, 0.25) is 5.02 Å². The number of halogens is 2. The van der Waals surface area contributed by atoms with Crippen LogP contribution in [0.15, 0.2) is 28.9 Å². The Morgan fingerprint density at radius 2 is 2.11 bits per heavy atom. The van der Waals surface area contributed by atoms with Gasteiger partial charge in [-0.15, -0.1) is 0 Å². The van der Waals surface area contributed by atoms with Crippen molar-refractivity contribution in [2.45, 2.75) is 20.5 Å². The Morgan fingerprint density at radius 3 is 2.84 bits per heavy atom. The fraction of sp³-hybridized carbons (Fsp3) is 0.214. The number of pyridine rings is 1. The van der Waals surface area contributed by atoms with E-state index in [0.717, 1.165) is 27.0 Å². The summed E-state index contributed by atoms with van der Waals surface area (Å²) in [7, 11) is 0. The Kier molecular flexibility index (Phi) is 4.32. The Labute approximate surface area is 125 Å². The highest BCUT2D eigenvalue weighted by Crippen LogP contribution is 2.29. The minimum atomic E-state index is 0.340. The number of anilines is 1. The fourth-order valence-electron chi connectivity index (χ4n) is 1.67. The molecule has 0 spiro atoms. The van der Waals surface area contributed by atoms with E-state index < -0.39 is 0 Å². The number of hydrogen-bond donors (Lipinski definition) is 1. The van der Waals surface area contributed by atoms with Crippen molar-refractivity contribution in [3.63, 3.8) is 0 Å². The minimum Gasteiger partial charge on any atom is -0.486 e.